The van der Waals surface area contributed by atoms with Crippen LogP contribution < -0.4 is 0 Å². The number of nitrogens with zero attached hydrogens (tertiary/aromatic N) is 2. The number of ether oxygens (including phenoxy) is 1. The van der Waals surface area contributed by atoms with Crippen molar-refractivity contribution < 1.29 is 19.4 Å². The van der Waals surface area contributed by atoms with E-state index in [1.807, 2.05) is 4.90 Å². The summed E-state index contributed by atoms with van der Waals surface area (Å²) >= 11 is 0. The van der Waals surface area contributed by atoms with E-state index in [0.717, 1.165) is 25.9 Å². The molecule has 0 aromatic heterocycles. The van der Waals surface area contributed by atoms with Crippen molar-refractivity contribution in [1.29, 1.82) is 0 Å². The van der Waals surface area contributed by atoms with Crippen molar-refractivity contribution >= 4 is 11.9 Å². The molecular formula is C13H22N2O4. The van der Waals surface area contributed by atoms with Crippen molar-refractivity contribution in [1.82, 2.24) is 9.80 Å². The van der Waals surface area contributed by atoms with Gasteiger partial charge >= 0.3 is 5.97 Å². The van der Waals surface area contributed by atoms with Gasteiger partial charge in [-0.15, -0.1) is 0 Å². The molecule has 0 aliphatic carbocycles. The lowest BCUT2D eigenvalue weighted by molar-refractivity contribution is -0.155. The highest BCUT2D eigenvalue weighted by Gasteiger charge is 2.37. The van der Waals surface area contributed by atoms with Gasteiger partial charge in [0.05, 0.1) is 0 Å². The molecule has 2 rings (SSSR count). The Hall–Kier alpha value is -1.14. The Labute approximate surface area is 113 Å². The minimum atomic E-state index is -0.971. The van der Waals surface area contributed by atoms with Gasteiger partial charge in [-0.3, -0.25) is 4.79 Å². The van der Waals surface area contributed by atoms with E-state index < -0.39 is 18.2 Å². The SMILES string of the molecule is CN(C)C1CCN(C(=O)[C@@H]2CC[C@H](C(=O)O)O2)CC1. The zero-order valence-electron chi connectivity index (χ0n) is 11.5. The Morgan fingerprint density at radius 3 is 2.16 bits per heavy atom. The first-order chi connectivity index (χ1) is 8.99. The molecule has 1 N–H and O–H groups in total. The summed E-state index contributed by atoms with van der Waals surface area (Å²) in [4.78, 5) is 27.1. The van der Waals surface area contributed by atoms with Crippen LogP contribution in [-0.2, 0) is 14.3 Å². The summed E-state index contributed by atoms with van der Waals surface area (Å²) < 4.78 is 5.31. The van der Waals surface area contributed by atoms with Gasteiger partial charge in [0.1, 0.15) is 6.10 Å². The zero-order chi connectivity index (χ0) is 14.0. The number of carbonyl (C=O) groups is 2. The first-order valence-corrected chi connectivity index (χ1v) is 6.82. The van der Waals surface area contributed by atoms with Gasteiger partial charge in [0.15, 0.2) is 6.10 Å². The monoisotopic (exact) mass is 270 g/mol. The zero-order valence-corrected chi connectivity index (χ0v) is 11.5. The van der Waals surface area contributed by atoms with Crippen molar-refractivity contribution in [3.63, 3.8) is 0 Å². The summed E-state index contributed by atoms with van der Waals surface area (Å²) in [5.41, 5.74) is 0. The largest absolute Gasteiger partial charge is 0.479 e. The van der Waals surface area contributed by atoms with Crippen molar-refractivity contribution in [2.75, 3.05) is 27.2 Å². The van der Waals surface area contributed by atoms with E-state index in [1.165, 1.54) is 0 Å². The molecule has 0 radical (unpaired) electrons. The highest BCUT2D eigenvalue weighted by molar-refractivity contribution is 5.82. The predicted octanol–water partition coefficient (Wildman–Crippen LogP) is 0.171. The number of hydrogen-bond donors (Lipinski definition) is 1. The lowest BCUT2D eigenvalue weighted by Gasteiger charge is -2.36. The van der Waals surface area contributed by atoms with Crippen LogP contribution in [0.1, 0.15) is 25.7 Å². The van der Waals surface area contributed by atoms with E-state index in [2.05, 4.69) is 19.0 Å². The second-order valence-corrected chi connectivity index (χ2v) is 5.55. The molecule has 0 spiro atoms. The van der Waals surface area contributed by atoms with Crippen LogP contribution in [0, 0.1) is 0 Å². The summed E-state index contributed by atoms with van der Waals surface area (Å²) in [5.74, 6) is -1.01. The fourth-order valence-electron chi connectivity index (χ4n) is 2.81. The standard InChI is InChI=1S/C13H22N2O4/c1-14(2)9-5-7-15(8-6-9)12(16)10-3-4-11(19-10)13(17)18/h9-11H,3-8H2,1-2H3,(H,17,18)/t10-,11+/m0/s1. The van der Waals surface area contributed by atoms with Crippen LogP contribution in [0.2, 0.25) is 0 Å². The van der Waals surface area contributed by atoms with Gasteiger partial charge in [-0.25, -0.2) is 4.79 Å². The third-order valence-corrected chi connectivity index (χ3v) is 4.08. The minimum absolute atomic E-state index is 0.0408. The van der Waals surface area contributed by atoms with Gasteiger partial charge < -0.3 is 19.6 Å². The summed E-state index contributed by atoms with van der Waals surface area (Å²) in [6.45, 7) is 1.47. The smallest absolute Gasteiger partial charge is 0.332 e. The first-order valence-electron chi connectivity index (χ1n) is 6.82. The Morgan fingerprint density at radius 2 is 1.68 bits per heavy atom. The summed E-state index contributed by atoms with van der Waals surface area (Å²) in [7, 11) is 4.11. The summed E-state index contributed by atoms with van der Waals surface area (Å²) in [5, 5.41) is 8.86. The molecule has 2 aliphatic heterocycles. The molecule has 2 saturated heterocycles. The first kappa shape index (κ1) is 14.3. The van der Waals surface area contributed by atoms with Gasteiger partial charge in [0.25, 0.3) is 5.91 Å². The van der Waals surface area contributed by atoms with E-state index in [4.69, 9.17) is 9.84 Å². The molecule has 2 fully saturated rings. The second kappa shape index (κ2) is 5.88. The predicted molar refractivity (Wildman–Crippen MR) is 68.8 cm³/mol. The average Bonchev–Trinajstić information content (AvgIpc) is 2.87. The molecule has 0 unspecified atom stereocenters. The number of piperidine rings is 1. The number of amides is 1. The van der Waals surface area contributed by atoms with Crippen molar-refractivity contribution in [3.05, 3.63) is 0 Å². The molecule has 0 aromatic carbocycles. The van der Waals surface area contributed by atoms with E-state index in [-0.39, 0.29) is 5.91 Å². The molecule has 2 heterocycles. The molecule has 0 saturated carbocycles. The number of carboxylic acids is 1. The van der Waals surface area contributed by atoms with E-state index >= 15 is 0 Å². The third kappa shape index (κ3) is 3.25. The number of likely N-dealkylation sites (tertiary alicyclic amines) is 1. The molecule has 6 heteroatoms. The van der Waals surface area contributed by atoms with Gasteiger partial charge in [-0.2, -0.15) is 0 Å². The maximum Gasteiger partial charge on any atom is 0.332 e. The molecule has 19 heavy (non-hydrogen) atoms. The van der Waals surface area contributed by atoms with Crippen LogP contribution in [0.15, 0.2) is 0 Å². The molecule has 0 bridgehead atoms. The molecule has 2 aliphatic rings. The van der Waals surface area contributed by atoms with Crippen LogP contribution in [0.3, 0.4) is 0 Å². The molecule has 0 aromatic rings. The van der Waals surface area contributed by atoms with E-state index in [9.17, 15) is 9.59 Å². The quantitative estimate of drug-likeness (QED) is 0.791. The van der Waals surface area contributed by atoms with Gasteiger partial charge in [-0.05, 0) is 39.8 Å². The van der Waals surface area contributed by atoms with Crippen LogP contribution in [0.25, 0.3) is 0 Å². The summed E-state index contributed by atoms with van der Waals surface area (Å²) in [6, 6.07) is 0.528. The van der Waals surface area contributed by atoms with Crippen LogP contribution in [0.4, 0.5) is 0 Å². The Bertz CT molecular complexity index is 351. The van der Waals surface area contributed by atoms with Crippen LogP contribution in [-0.4, -0.2) is 72.2 Å². The van der Waals surface area contributed by atoms with E-state index in [1.54, 1.807) is 0 Å². The van der Waals surface area contributed by atoms with E-state index in [0.29, 0.717) is 18.9 Å². The molecule has 1 amide bonds. The lowest BCUT2D eigenvalue weighted by atomic mass is 10.0. The van der Waals surface area contributed by atoms with Gasteiger partial charge in [0, 0.05) is 19.1 Å². The molecular weight excluding hydrogens is 248 g/mol. The fourth-order valence-corrected chi connectivity index (χ4v) is 2.81. The molecule has 6 nitrogen and oxygen atoms in total. The minimum Gasteiger partial charge on any atom is -0.479 e. The Balaban J connectivity index is 1.83. The average molecular weight is 270 g/mol. The fraction of sp³-hybridized carbons (Fsp3) is 0.846. The van der Waals surface area contributed by atoms with Crippen LogP contribution >= 0.6 is 0 Å². The number of rotatable bonds is 3. The van der Waals surface area contributed by atoms with Gasteiger partial charge in [0.2, 0.25) is 0 Å². The number of carboxylic acid groups (broad SMARTS) is 1. The Morgan fingerprint density at radius 1 is 1.11 bits per heavy atom. The van der Waals surface area contributed by atoms with Crippen molar-refractivity contribution in [2.24, 2.45) is 0 Å². The highest BCUT2D eigenvalue weighted by Crippen LogP contribution is 2.23. The summed E-state index contributed by atoms with van der Waals surface area (Å²) in [6.07, 6.45) is 1.51. The lowest BCUT2D eigenvalue weighted by Crippen LogP contribution is -2.47. The maximum atomic E-state index is 12.2. The maximum absolute atomic E-state index is 12.2. The highest BCUT2D eigenvalue weighted by atomic mass is 16.5. The molecule has 108 valence electrons. The van der Waals surface area contributed by atoms with Gasteiger partial charge in [-0.1, -0.05) is 0 Å². The second-order valence-electron chi connectivity index (χ2n) is 5.55. The van der Waals surface area contributed by atoms with Crippen molar-refractivity contribution in [3.8, 4) is 0 Å². The topological polar surface area (TPSA) is 70.1 Å². The third-order valence-electron chi connectivity index (χ3n) is 4.08. The van der Waals surface area contributed by atoms with Crippen molar-refractivity contribution in [2.45, 2.75) is 43.9 Å². The number of carbonyl (C=O) groups excluding carboxylic acids is 1. The number of hydrogen-bond acceptors (Lipinski definition) is 4. The Kier molecular flexibility index (Phi) is 4.42. The normalized spacial score (nSPS) is 28.9. The van der Waals surface area contributed by atoms with Crippen LogP contribution in [0.5, 0.6) is 0 Å². The number of aliphatic carboxylic acids is 1. The molecule has 2 atom stereocenters.